The largest absolute Gasteiger partial charge is 0.497 e. The summed E-state index contributed by atoms with van der Waals surface area (Å²) in [6, 6.07) is 7.10. The second-order valence-electron chi connectivity index (χ2n) is 3.28. The van der Waals surface area contributed by atoms with Crippen molar-refractivity contribution in [3.05, 3.63) is 23.8 Å². The summed E-state index contributed by atoms with van der Waals surface area (Å²) >= 11 is 0. The Balaban J connectivity index is 2.90. The highest BCUT2D eigenvalue weighted by Crippen LogP contribution is 2.20. The molecular formula is C11H13N5O. The van der Waals surface area contributed by atoms with Crippen molar-refractivity contribution in [3.8, 4) is 11.8 Å². The third-order valence-corrected chi connectivity index (χ3v) is 2.08. The van der Waals surface area contributed by atoms with Crippen molar-refractivity contribution >= 4 is 17.2 Å². The van der Waals surface area contributed by atoms with Gasteiger partial charge < -0.3 is 10.5 Å². The highest BCUT2D eigenvalue weighted by molar-refractivity contribution is 6.45. The molecule has 0 atom stereocenters. The molecule has 4 N–H and O–H groups in total. The van der Waals surface area contributed by atoms with Gasteiger partial charge in [-0.2, -0.15) is 10.4 Å². The van der Waals surface area contributed by atoms with Crippen molar-refractivity contribution < 1.29 is 4.74 Å². The number of hydrogen-bond donors (Lipinski definition) is 3. The molecule has 0 radical (unpaired) electrons. The first-order chi connectivity index (χ1) is 8.08. The fraction of sp³-hybridized carbons (Fsp3) is 0.182. The molecule has 0 amide bonds. The van der Waals surface area contributed by atoms with Gasteiger partial charge in [-0.25, -0.2) is 0 Å². The number of nitrogens with zero attached hydrogens (tertiary/aromatic N) is 2. The van der Waals surface area contributed by atoms with Crippen molar-refractivity contribution in [3.63, 3.8) is 0 Å². The lowest BCUT2D eigenvalue weighted by atomic mass is 10.2. The van der Waals surface area contributed by atoms with Gasteiger partial charge in [-0.05, 0) is 30.7 Å². The lowest BCUT2D eigenvalue weighted by Crippen LogP contribution is -2.21. The second kappa shape index (κ2) is 5.51. The summed E-state index contributed by atoms with van der Waals surface area (Å²) in [5.74, 6) is 0.371. The number of anilines is 1. The molecule has 0 saturated heterocycles. The zero-order valence-corrected chi connectivity index (χ0v) is 9.61. The van der Waals surface area contributed by atoms with Crippen molar-refractivity contribution in [1.82, 2.24) is 0 Å². The predicted octanol–water partition coefficient (Wildman–Crippen LogP) is 1.23. The molecule has 88 valence electrons. The maximum atomic E-state index is 8.66. The van der Waals surface area contributed by atoms with Crippen molar-refractivity contribution in [2.45, 2.75) is 6.92 Å². The number of rotatable bonds is 4. The van der Waals surface area contributed by atoms with Gasteiger partial charge in [0.25, 0.3) is 0 Å². The number of aryl methyl sites for hydroxylation is 1. The third-order valence-electron chi connectivity index (χ3n) is 2.08. The maximum Gasteiger partial charge on any atom is 0.201 e. The van der Waals surface area contributed by atoms with Crippen LogP contribution < -0.4 is 15.9 Å². The number of nitrogens with one attached hydrogen (secondary N) is 2. The van der Waals surface area contributed by atoms with E-state index in [0.29, 0.717) is 0 Å². The molecule has 0 fully saturated rings. The van der Waals surface area contributed by atoms with Crippen LogP contribution in [0.2, 0.25) is 0 Å². The Morgan fingerprint density at radius 2 is 2.29 bits per heavy atom. The van der Waals surface area contributed by atoms with Crippen LogP contribution in [0.5, 0.6) is 5.75 Å². The van der Waals surface area contributed by atoms with Gasteiger partial charge in [0.2, 0.25) is 5.71 Å². The number of hydrazone groups is 1. The summed E-state index contributed by atoms with van der Waals surface area (Å²) in [5, 5.41) is 19.5. The van der Waals surface area contributed by atoms with Crippen molar-refractivity contribution in [2.75, 3.05) is 12.5 Å². The summed E-state index contributed by atoms with van der Waals surface area (Å²) in [6.45, 7) is 1.88. The SMILES string of the molecule is COc1ccc(N/N=C(\C#N)C(=N)N)c(C)c1. The predicted molar refractivity (Wildman–Crippen MR) is 66.3 cm³/mol. The zero-order valence-electron chi connectivity index (χ0n) is 9.61. The minimum atomic E-state index is -0.369. The molecule has 6 heteroatoms. The number of benzene rings is 1. The molecule has 0 aromatic heterocycles. The van der Waals surface area contributed by atoms with E-state index in [9.17, 15) is 0 Å². The van der Waals surface area contributed by atoms with Gasteiger partial charge in [0.05, 0.1) is 12.8 Å². The number of methoxy groups -OCH3 is 1. The van der Waals surface area contributed by atoms with E-state index in [1.807, 2.05) is 13.0 Å². The fourth-order valence-electron chi connectivity index (χ4n) is 1.15. The first-order valence-electron chi connectivity index (χ1n) is 4.81. The van der Waals surface area contributed by atoms with Crippen LogP contribution in [0.15, 0.2) is 23.3 Å². The van der Waals surface area contributed by atoms with Crippen molar-refractivity contribution in [2.24, 2.45) is 10.8 Å². The molecule has 17 heavy (non-hydrogen) atoms. The average Bonchev–Trinajstić information content (AvgIpc) is 2.31. The lowest BCUT2D eigenvalue weighted by molar-refractivity contribution is 0.414. The summed E-state index contributed by atoms with van der Waals surface area (Å²) < 4.78 is 5.06. The minimum absolute atomic E-state index is 0.153. The molecule has 0 aliphatic carbocycles. The van der Waals surface area contributed by atoms with Crippen LogP contribution in [-0.4, -0.2) is 18.7 Å². The number of ether oxygens (including phenoxy) is 1. The van der Waals surface area contributed by atoms with Crippen LogP contribution >= 0.6 is 0 Å². The Morgan fingerprint density at radius 1 is 1.59 bits per heavy atom. The quantitative estimate of drug-likeness (QED) is 0.411. The van der Waals surface area contributed by atoms with E-state index in [1.165, 1.54) is 0 Å². The van der Waals surface area contributed by atoms with Gasteiger partial charge in [-0.1, -0.05) is 0 Å². The van der Waals surface area contributed by atoms with Gasteiger partial charge in [0.15, 0.2) is 5.84 Å². The highest BCUT2D eigenvalue weighted by Gasteiger charge is 2.03. The number of amidine groups is 1. The normalized spacial score (nSPS) is 10.5. The third kappa shape index (κ3) is 3.21. The summed E-state index contributed by atoms with van der Waals surface area (Å²) in [4.78, 5) is 0. The van der Waals surface area contributed by atoms with Gasteiger partial charge in [0, 0.05) is 0 Å². The molecule has 0 saturated carbocycles. The fourth-order valence-corrected chi connectivity index (χ4v) is 1.15. The van der Waals surface area contributed by atoms with Gasteiger partial charge in [-0.15, -0.1) is 0 Å². The molecule has 0 aliphatic rings. The topological polar surface area (TPSA) is 107 Å². The molecule has 1 aromatic carbocycles. The molecule has 6 nitrogen and oxygen atoms in total. The van der Waals surface area contributed by atoms with Crippen LogP contribution in [0.25, 0.3) is 0 Å². The number of nitriles is 1. The maximum absolute atomic E-state index is 8.66. The first-order valence-corrected chi connectivity index (χ1v) is 4.81. The molecule has 0 bridgehead atoms. The summed E-state index contributed by atoms with van der Waals surface area (Å²) in [7, 11) is 1.59. The van der Waals surface area contributed by atoms with E-state index < -0.39 is 0 Å². The zero-order chi connectivity index (χ0) is 12.8. The van der Waals surface area contributed by atoms with Crippen LogP contribution in [0.3, 0.4) is 0 Å². The second-order valence-corrected chi connectivity index (χ2v) is 3.28. The van der Waals surface area contributed by atoms with Crippen molar-refractivity contribution in [1.29, 1.82) is 10.7 Å². The first kappa shape index (κ1) is 12.5. The molecule has 0 heterocycles. The molecule has 0 spiro atoms. The van der Waals surface area contributed by atoms with Gasteiger partial charge >= 0.3 is 0 Å². The van der Waals surface area contributed by atoms with E-state index in [-0.39, 0.29) is 11.5 Å². The highest BCUT2D eigenvalue weighted by atomic mass is 16.5. The number of hydrogen-bond acceptors (Lipinski definition) is 5. The van der Waals surface area contributed by atoms with Gasteiger partial charge in [-0.3, -0.25) is 10.8 Å². The minimum Gasteiger partial charge on any atom is -0.497 e. The summed E-state index contributed by atoms with van der Waals surface area (Å²) in [5.41, 5.74) is 9.33. The smallest absolute Gasteiger partial charge is 0.201 e. The molecule has 0 aliphatic heterocycles. The van der Waals surface area contributed by atoms with Crippen LogP contribution in [0.4, 0.5) is 5.69 Å². The summed E-state index contributed by atoms with van der Waals surface area (Å²) in [6.07, 6.45) is 0. The van der Waals surface area contributed by atoms with E-state index >= 15 is 0 Å². The van der Waals surface area contributed by atoms with Crippen LogP contribution in [0.1, 0.15) is 5.56 Å². The molecular weight excluding hydrogens is 218 g/mol. The standard InChI is InChI=1S/C11H13N5O/c1-7-5-8(17-2)3-4-9(7)15-16-10(6-12)11(13)14/h3-5,15H,1-2H3,(H3,13,14)/b16-10+. The Hall–Kier alpha value is -2.55. The lowest BCUT2D eigenvalue weighted by Gasteiger charge is -2.07. The van der Waals surface area contributed by atoms with Crippen LogP contribution in [-0.2, 0) is 0 Å². The van der Waals surface area contributed by atoms with E-state index in [0.717, 1.165) is 17.0 Å². The molecule has 0 unspecified atom stereocenters. The monoisotopic (exact) mass is 231 g/mol. The molecule has 1 rings (SSSR count). The Kier molecular flexibility index (Phi) is 4.06. The molecule has 1 aromatic rings. The average molecular weight is 231 g/mol. The Bertz CT molecular complexity index is 501. The van der Waals surface area contributed by atoms with E-state index in [2.05, 4.69) is 10.5 Å². The van der Waals surface area contributed by atoms with E-state index in [1.54, 1.807) is 25.3 Å². The number of nitrogens with two attached hydrogens (primary N) is 1. The Labute approximate surface area is 99.2 Å². The van der Waals surface area contributed by atoms with Crippen LogP contribution in [0, 0.1) is 23.7 Å². The van der Waals surface area contributed by atoms with E-state index in [4.69, 9.17) is 21.1 Å². The Morgan fingerprint density at radius 3 is 2.76 bits per heavy atom. The van der Waals surface area contributed by atoms with Gasteiger partial charge in [0.1, 0.15) is 11.8 Å².